The van der Waals surface area contributed by atoms with Crippen LogP contribution in [-0.2, 0) is 19.1 Å². The number of nitrogens with zero attached hydrogens (tertiary/aromatic N) is 2. The number of esters is 1. The SMILES string of the molecule is [2H]C([2H])([2H])C([2H])(OC(=O)[C@H](CCC(=O)C=[N+]=[N-])NC(=O)[C@@H](O)C(C)C)C([2H])([2H])[2H]. The number of aliphatic hydroxyl groups is 1. The zero-order valence-electron chi connectivity index (χ0n) is 19.2. The molecule has 8 nitrogen and oxygen atoms in total. The van der Waals surface area contributed by atoms with Crippen molar-refractivity contribution in [2.75, 3.05) is 0 Å². The van der Waals surface area contributed by atoms with Gasteiger partial charge in [0.25, 0.3) is 0 Å². The van der Waals surface area contributed by atoms with Crippen LogP contribution in [0.15, 0.2) is 0 Å². The Balaban J connectivity index is 5.73. The Morgan fingerprint density at radius 3 is 2.59 bits per heavy atom. The maximum atomic E-state index is 12.4. The Kier molecular flexibility index (Phi) is 4.74. The van der Waals surface area contributed by atoms with E-state index in [1.165, 1.54) is 13.8 Å². The number of hydrogen-bond acceptors (Lipinski definition) is 5. The number of nitrogens with one attached hydrogen (secondary N) is 1. The van der Waals surface area contributed by atoms with Crippen molar-refractivity contribution in [3.8, 4) is 0 Å². The molecule has 0 aliphatic carbocycles. The third-order valence-corrected chi connectivity index (χ3v) is 2.58. The minimum Gasteiger partial charge on any atom is -0.461 e. The van der Waals surface area contributed by atoms with E-state index in [1.807, 2.05) is 5.32 Å². The van der Waals surface area contributed by atoms with E-state index in [1.54, 1.807) is 0 Å². The van der Waals surface area contributed by atoms with Crippen molar-refractivity contribution in [1.29, 1.82) is 0 Å². The Morgan fingerprint density at radius 2 is 2.09 bits per heavy atom. The normalized spacial score (nSPS) is 19.5. The molecule has 0 heterocycles. The second-order valence-corrected chi connectivity index (χ2v) is 4.75. The van der Waals surface area contributed by atoms with Gasteiger partial charge in [-0.2, -0.15) is 4.79 Å². The molecule has 0 aliphatic rings. The lowest BCUT2D eigenvalue weighted by Gasteiger charge is -2.21. The molecule has 2 N–H and O–H groups in total. The van der Waals surface area contributed by atoms with Crippen molar-refractivity contribution in [3.63, 3.8) is 0 Å². The van der Waals surface area contributed by atoms with Crippen molar-refractivity contribution in [2.45, 2.75) is 58.6 Å². The molecule has 8 heteroatoms. The fourth-order valence-corrected chi connectivity index (χ4v) is 1.40. The summed E-state index contributed by atoms with van der Waals surface area (Å²) in [6, 6.07) is -1.75. The topological polar surface area (TPSA) is 129 Å². The van der Waals surface area contributed by atoms with E-state index < -0.39 is 68.3 Å². The summed E-state index contributed by atoms with van der Waals surface area (Å²) in [5.41, 5.74) is 8.33. The van der Waals surface area contributed by atoms with Gasteiger partial charge in [-0.1, -0.05) is 13.8 Å². The van der Waals surface area contributed by atoms with Crippen molar-refractivity contribution in [2.24, 2.45) is 5.92 Å². The third-order valence-electron chi connectivity index (χ3n) is 2.58. The highest BCUT2D eigenvalue weighted by molar-refractivity contribution is 6.25. The number of carbonyl (C=O) groups is 3. The van der Waals surface area contributed by atoms with Gasteiger partial charge in [0, 0.05) is 14.6 Å². The fraction of sp³-hybridized carbons (Fsp3) is 0.714. The number of aliphatic hydroxyl groups excluding tert-OH is 1. The molecular weight excluding hydrogens is 290 g/mol. The second kappa shape index (κ2) is 9.81. The smallest absolute Gasteiger partial charge is 0.328 e. The average Bonchev–Trinajstić information content (AvgIpc) is 2.55. The van der Waals surface area contributed by atoms with Crippen LogP contribution in [0.1, 0.15) is 50.0 Å². The molecule has 0 saturated heterocycles. The summed E-state index contributed by atoms with van der Waals surface area (Å²) in [5, 5.41) is 11.8. The summed E-state index contributed by atoms with van der Waals surface area (Å²) in [7, 11) is 0. The number of hydrogen-bond donors (Lipinski definition) is 2. The lowest BCUT2D eigenvalue weighted by atomic mass is 10.0. The number of carbonyl (C=O) groups excluding carboxylic acids is 3. The molecule has 22 heavy (non-hydrogen) atoms. The van der Waals surface area contributed by atoms with Gasteiger partial charge in [0.15, 0.2) is 0 Å². The minimum absolute atomic E-state index is 0.478. The van der Waals surface area contributed by atoms with Gasteiger partial charge < -0.3 is 20.7 Å². The number of rotatable bonds is 9. The third kappa shape index (κ3) is 7.66. The minimum atomic E-state index is -3.63. The zero-order valence-corrected chi connectivity index (χ0v) is 12.2. The van der Waals surface area contributed by atoms with Crippen LogP contribution in [0.25, 0.3) is 5.53 Å². The first-order chi connectivity index (χ1) is 13.0. The molecule has 2 atom stereocenters. The van der Waals surface area contributed by atoms with Crippen LogP contribution in [-0.4, -0.2) is 52.0 Å². The molecule has 0 rings (SSSR count). The lowest BCUT2D eigenvalue weighted by molar-refractivity contribution is -0.152. The zero-order chi connectivity index (χ0) is 23.2. The van der Waals surface area contributed by atoms with Gasteiger partial charge in [0.2, 0.25) is 11.7 Å². The van der Waals surface area contributed by atoms with E-state index >= 15 is 0 Å². The van der Waals surface area contributed by atoms with Gasteiger partial charge in [-0.15, -0.1) is 0 Å². The molecule has 0 fully saturated rings. The predicted molar refractivity (Wildman–Crippen MR) is 77.9 cm³/mol. The molecular formula is C14H23N3O5. The standard InChI is InChI=1S/C14H23N3O5/c1-8(2)12(19)13(20)17-11(14(21)22-9(3)4)6-5-10(18)7-16-15/h7-9,11-12,19H,5-6H2,1-4H3,(H,17,20)/t11-,12-/m0/s1/i3D3,4D3,9D. The summed E-state index contributed by atoms with van der Waals surface area (Å²) in [6.07, 6.45) is -5.65. The molecule has 0 bridgehead atoms. The Morgan fingerprint density at radius 1 is 1.45 bits per heavy atom. The van der Waals surface area contributed by atoms with Crippen LogP contribution < -0.4 is 5.32 Å². The van der Waals surface area contributed by atoms with E-state index in [2.05, 4.69) is 9.53 Å². The summed E-state index contributed by atoms with van der Waals surface area (Å²) in [4.78, 5) is 38.4. The number of amides is 1. The van der Waals surface area contributed by atoms with Crippen LogP contribution in [0.2, 0.25) is 0 Å². The summed E-state index contributed by atoms with van der Waals surface area (Å²) < 4.78 is 55.7. The van der Waals surface area contributed by atoms with Crippen LogP contribution >= 0.6 is 0 Å². The molecule has 0 saturated carbocycles. The summed E-state index contributed by atoms with van der Waals surface area (Å²) in [6.45, 7) is -4.12. The molecule has 0 aromatic heterocycles. The maximum Gasteiger partial charge on any atom is 0.328 e. The monoisotopic (exact) mass is 320 g/mol. The van der Waals surface area contributed by atoms with Crippen LogP contribution in [0.4, 0.5) is 0 Å². The highest BCUT2D eigenvalue weighted by atomic mass is 16.5. The van der Waals surface area contributed by atoms with Gasteiger partial charge >= 0.3 is 12.2 Å². The van der Waals surface area contributed by atoms with Crippen LogP contribution in [0.5, 0.6) is 0 Å². The molecule has 124 valence electrons. The molecule has 0 aromatic rings. The van der Waals surface area contributed by atoms with Crippen molar-refractivity contribution >= 4 is 23.9 Å². The van der Waals surface area contributed by atoms with Crippen molar-refractivity contribution in [3.05, 3.63) is 5.53 Å². The van der Waals surface area contributed by atoms with E-state index in [4.69, 9.17) is 15.1 Å². The second-order valence-electron chi connectivity index (χ2n) is 4.75. The first-order valence-corrected chi connectivity index (χ1v) is 6.39. The maximum absolute atomic E-state index is 12.4. The first kappa shape index (κ1) is 10.6. The molecule has 0 radical (unpaired) electrons. The van der Waals surface area contributed by atoms with E-state index in [0.29, 0.717) is 6.21 Å². The van der Waals surface area contributed by atoms with Gasteiger partial charge in [0.1, 0.15) is 12.1 Å². The largest absolute Gasteiger partial charge is 0.461 e. The highest BCUT2D eigenvalue weighted by Gasteiger charge is 2.28. The summed E-state index contributed by atoms with van der Waals surface area (Å²) >= 11 is 0. The summed E-state index contributed by atoms with van der Waals surface area (Å²) in [5.74, 6) is -3.98. The van der Waals surface area contributed by atoms with Gasteiger partial charge in [-0.05, 0) is 26.0 Å². The lowest BCUT2D eigenvalue weighted by Crippen LogP contribution is -2.48. The quantitative estimate of drug-likeness (QED) is 0.269. The predicted octanol–water partition coefficient (Wildman–Crippen LogP) is 0.0896. The highest BCUT2D eigenvalue weighted by Crippen LogP contribution is 2.06. The van der Waals surface area contributed by atoms with Crippen molar-refractivity contribution in [1.82, 2.24) is 5.32 Å². The Labute approximate surface area is 139 Å². The van der Waals surface area contributed by atoms with E-state index in [-0.39, 0.29) is 0 Å². The molecule has 1 amide bonds. The molecule has 0 unspecified atom stereocenters. The van der Waals surface area contributed by atoms with E-state index in [0.717, 1.165) is 0 Å². The number of ether oxygens (including phenoxy) is 1. The van der Waals surface area contributed by atoms with Gasteiger partial charge in [-0.25, -0.2) is 4.79 Å². The Hall–Kier alpha value is -2.05. The van der Waals surface area contributed by atoms with E-state index in [9.17, 15) is 19.5 Å². The molecule has 0 aromatic carbocycles. The molecule has 0 aliphatic heterocycles. The number of ketones is 1. The Bertz CT molecular complexity index is 657. The first-order valence-electron chi connectivity index (χ1n) is 9.89. The van der Waals surface area contributed by atoms with Crippen LogP contribution in [0.3, 0.4) is 0 Å². The van der Waals surface area contributed by atoms with Crippen LogP contribution in [0, 0.1) is 5.92 Å². The fourth-order valence-electron chi connectivity index (χ4n) is 1.40. The molecule has 0 spiro atoms. The average molecular weight is 320 g/mol. The van der Waals surface area contributed by atoms with Gasteiger partial charge in [-0.3, -0.25) is 9.59 Å². The van der Waals surface area contributed by atoms with Crippen molar-refractivity contribution < 1.29 is 38.6 Å². The van der Waals surface area contributed by atoms with Gasteiger partial charge in [0.05, 0.1) is 7.45 Å². The number of Topliss-reactive ketones (excluding diaryl/α,β-unsaturated/α-hetero) is 1.